The summed E-state index contributed by atoms with van der Waals surface area (Å²) in [5.41, 5.74) is 0.975. The Balaban J connectivity index is 1.63. The van der Waals surface area contributed by atoms with Gasteiger partial charge < -0.3 is 15.5 Å². The van der Waals surface area contributed by atoms with E-state index in [1.54, 1.807) is 12.4 Å². The van der Waals surface area contributed by atoms with E-state index in [0.29, 0.717) is 18.5 Å². The SMILES string of the molecule is CN[C@H]1CCN(c2ccnc(NCc3ccccn3)n2)C1. The van der Waals surface area contributed by atoms with Crippen LogP contribution in [0.4, 0.5) is 11.8 Å². The molecule has 3 heterocycles. The standard InChI is InChI=1S/C15H20N6/c1-16-13-6-9-21(11-13)14-5-8-18-15(20-14)19-10-12-4-2-3-7-17-12/h2-5,7-8,13,16H,6,9-11H2,1H3,(H,18,19,20)/t13-/m0/s1. The second-order valence-corrected chi connectivity index (χ2v) is 5.13. The molecule has 6 heteroatoms. The zero-order chi connectivity index (χ0) is 14.5. The normalized spacial score (nSPS) is 18.0. The summed E-state index contributed by atoms with van der Waals surface area (Å²) in [5, 5.41) is 6.54. The van der Waals surface area contributed by atoms with Crippen LogP contribution in [0.2, 0.25) is 0 Å². The van der Waals surface area contributed by atoms with Crippen LogP contribution in [-0.2, 0) is 6.54 Å². The molecule has 0 aliphatic carbocycles. The third-order valence-corrected chi connectivity index (χ3v) is 3.72. The Morgan fingerprint density at radius 1 is 1.24 bits per heavy atom. The van der Waals surface area contributed by atoms with Gasteiger partial charge in [-0.25, -0.2) is 4.98 Å². The molecule has 3 rings (SSSR count). The van der Waals surface area contributed by atoms with Crippen LogP contribution in [-0.4, -0.2) is 41.1 Å². The minimum Gasteiger partial charge on any atom is -0.355 e. The summed E-state index contributed by atoms with van der Waals surface area (Å²) in [7, 11) is 2.01. The molecule has 0 radical (unpaired) electrons. The Hall–Kier alpha value is -2.21. The van der Waals surface area contributed by atoms with Crippen LogP contribution < -0.4 is 15.5 Å². The fourth-order valence-electron chi connectivity index (χ4n) is 2.49. The van der Waals surface area contributed by atoms with Crippen molar-refractivity contribution in [2.45, 2.75) is 19.0 Å². The van der Waals surface area contributed by atoms with Crippen molar-refractivity contribution in [3.05, 3.63) is 42.4 Å². The van der Waals surface area contributed by atoms with Crippen molar-refractivity contribution in [2.24, 2.45) is 0 Å². The van der Waals surface area contributed by atoms with E-state index in [4.69, 9.17) is 0 Å². The number of rotatable bonds is 5. The number of nitrogens with zero attached hydrogens (tertiary/aromatic N) is 4. The maximum atomic E-state index is 4.59. The number of hydrogen-bond acceptors (Lipinski definition) is 6. The highest BCUT2D eigenvalue weighted by atomic mass is 15.3. The lowest BCUT2D eigenvalue weighted by Gasteiger charge is -2.17. The van der Waals surface area contributed by atoms with Gasteiger partial charge in [-0.3, -0.25) is 4.98 Å². The molecule has 21 heavy (non-hydrogen) atoms. The van der Waals surface area contributed by atoms with Gasteiger partial charge in [0.15, 0.2) is 0 Å². The van der Waals surface area contributed by atoms with Crippen LogP contribution in [0.1, 0.15) is 12.1 Å². The van der Waals surface area contributed by atoms with E-state index < -0.39 is 0 Å². The first-order valence-electron chi connectivity index (χ1n) is 7.24. The van der Waals surface area contributed by atoms with Crippen molar-refractivity contribution in [2.75, 3.05) is 30.4 Å². The van der Waals surface area contributed by atoms with Gasteiger partial charge in [-0.15, -0.1) is 0 Å². The zero-order valence-corrected chi connectivity index (χ0v) is 12.2. The molecule has 0 unspecified atom stereocenters. The number of aromatic nitrogens is 3. The number of nitrogens with one attached hydrogen (secondary N) is 2. The fraction of sp³-hybridized carbons (Fsp3) is 0.400. The summed E-state index contributed by atoms with van der Waals surface area (Å²) < 4.78 is 0. The third kappa shape index (κ3) is 3.46. The lowest BCUT2D eigenvalue weighted by atomic mass is 10.3. The number of anilines is 2. The Bertz CT molecular complexity index is 573. The van der Waals surface area contributed by atoms with Gasteiger partial charge in [0.2, 0.25) is 5.95 Å². The van der Waals surface area contributed by atoms with Crippen LogP contribution in [0.15, 0.2) is 36.7 Å². The lowest BCUT2D eigenvalue weighted by Crippen LogP contribution is -2.29. The van der Waals surface area contributed by atoms with Crippen LogP contribution in [0.3, 0.4) is 0 Å². The van der Waals surface area contributed by atoms with Gasteiger partial charge in [0.05, 0.1) is 12.2 Å². The van der Waals surface area contributed by atoms with Gasteiger partial charge in [0.25, 0.3) is 0 Å². The first-order chi connectivity index (χ1) is 10.3. The predicted molar refractivity (Wildman–Crippen MR) is 83.3 cm³/mol. The summed E-state index contributed by atoms with van der Waals surface area (Å²) in [6.45, 7) is 2.65. The quantitative estimate of drug-likeness (QED) is 0.862. The molecular weight excluding hydrogens is 264 g/mol. The summed E-state index contributed by atoms with van der Waals surface area (Å²) in [5.74, 6) is 1.62. The molecule has 110 valence electrons. The molecule has 1 aliphatic rings. The Morgan fingerprint density at radius 3 is 2.95 bits per heavy atom. The van der Waals surface area contributed by atoms with Gasteiger partial charge in [-0.2, -0.15) is 4.98 Å². The zero-order valence-electron chi connectivity index (χ0n) is 12.2. The van der Waals surface area contributed by atoms with E-state index in [1.165, 1.54) is 0 Å². The van der Waals surface area contributed by atoms with E-state index in [-0.39, 0.29) is 0 Å². The van der Waals surface area contributed by atoms with E-state index in [0.717, 1.165) is 31.0 Å². The monoisotopic (exact) mass is 284 g/mol. The molecule has 1 saturated heterocycles. The largest absolute Gasteiger partial charge is 0.355 e. The molecule has 6 nitrogen and oxygen atoms in total. The molecule has 2 N–H and O–H groups in total. The Kier molecular flexibility index (Phi) is 4.25. The van der Waals surface area contributed by atoms with Crippen molar-refractivity contribution in [1.29, 1.82) is 0 Å². The minimum atomic E-state index is 0.546. The highest BCUT2D eigenvalue weighted by Crippen LogP contribution is 2.18. The molecule has 1 aliphatic heterocycles. The molecule has 0 bridgehead atoms. The predicted octanol–water partition coefficient (Wildman–Crippen LogP) is 1.28. The van der Waals surface area contributed by atoms with E-state index in [2.05, 4.69) is 30.5 Å². The van der Waals surface area contributed by atoms with Gasteiger partial charge in [0, 0.05) is 31.5 Å². The maximum absolute atomic E-state index is 4.59. The van der Waals surface area contributed by atoms with Crippen LogP contribution >= 0.6 is 0 Å². The van der Waals surface area contributed by atoms with Crippen molar-refractivity contribution >= 4 is 11.8 Å². The van der Waals surface area contributed by atoms with E-state index >= 15 is 0 Å². The second kappa shape index (κ2) is 6.49. The van der Waals surface area contributed by atoms with Crippen molar-refractivity contribution in [1.82, 2.24) is 20.3 Å². The summed E-state index contributed by atoms with van der Waals surface area (Å²) in [4.78, 5) is 15.4. The number of likely N-dealkylation sites (N-methyl/N-ethyl adjacent to an activating group) is 1. The van der Waals surface area contributed by atoms with Gasteiger partial charge >= 0.3 is 0 Å². The molecule has 1 fully saturated rings. The summed E-state index contributed by atoms with van der Waals surface area (Å²) in [6, 6.07) is 8.37. The molecule has 1 atom stereocenters. The lowest BCUT2D eigenvalue weighted by molar-refractivity contribution is 0.616. The highest BCUT2D eigenvalue weighted by molar-refractivity contribution is 5.43. The Morgan fingerprint density at radius 2 is 2.19 bits per heavy atom. The van der Waals surface area contributed by atoms with Crippen molar-refractivity contribution in [3.63, 3.8) is 0 Å². The number of pyridine rings is 1. The van der Waals surface area contributed by atoms with Gasteiger partial charge in [-0.05, 0) is 31.7 Å². The molecule has 0 spiro atoms. The van der Waals surface area contributed by atoms with Crippen molar-refractivity contribution < 1.29 is 0 Å². The molecular formula is C15H20N6. The molecule has 2 aromatic heterocycles. The number of hydrogen-bond donors (Lipinski definition) is 2. The molecule has 0 amide bonds. The molecule has 0 saturated carbocycles. The minimum absolute atomic E-state index is 0.546. The van der Waals surface area contributed by atoms with Crippen LogP contribution in [0, 0.1) is 0 Å². The topological polar surface area (TPSA) is 66.0 Å². The summed E-state index contributed by atoms with van der Waals surface area (Å²) >= 11 is 0. The molecule has 0 aromatic carbocycles. The van der Waals surface area contributed by atoms with Crippen LogP contribution in [0.25, 0.3) is 0 Å². The first-order valence-corrected chi connectivity index (χ1v) is 7.24. The second-order valence-electron chi connectivity index (χ2n) is 5.13. The van der Waals surface area contributed by atoms with E-state index in [1.807, 2.05) is 31.3 Å². The first kappa shape index (κ1) is 13.8. The summed E-state index contributed by atoms with van der Waals surface area (Å²) in [6.07, 6.45) is 4.74. The van der Waals surface area contributed by atoms with Gasteiger partial charge in [0.1, 0.15) is 5.82 Å². The smallest absolute Gasteiger partial charge is 0.224 e. The third-order valence-electron chi connectivity index (χ3n) is 3.72. The van der Waals surface area contributed by atoms with Crippen molar-refractivity contribution in [3.8, 4) is 0 Å². The average Bonchev–Trinajstić information content (AvgIpc) is 3.03. The maximum Gasteiger partial charge on any atom is 0.224 e. The van der Waals surface area contributed by atoms with Crippen LogP contribution in [0.5, 0.6) is 0 Å². The average molecular weight is 284 g/mol. The van der Waals surface area contributed by atoms with Gasteiger partial charge in [-0.1, -0.05) is 6.07 Å². The molecule has 2 aromatic rings. The Labute approximate surface area is 124 Å². The fourth-order valence-corrected chi connectivity index (χ4v) is 2.49. The van der Waals surface area contributed by atoms with E-state index in [9.17, 15) is 0 Å². The highest BCUT2D eigenvalue weighted by Gasteiger charge is 2.22.